The van der Waals surface area contributed by atoms with Gasteiger partial charge in [0.25, 0.3) is 0 Å². The van der Waals surface area contributed by atoms with E-state index >= 15 is 0 Å². The van der Waals surface area contributed by atoms with E-state index in [1.54, 1.807) is 6.92 Å². The molecule has 3 heteroatoms. The van der Waals surface area contributed by atoms with Crippen LogP contribution in [0.3, 0.4) is 0 Å². The summed E-state index contributed by atoms with van der Waals surface area (Å²) < 4.78 is 3.34. The smallest absolute Gasteiger partial charge is 0.171 e. The topological polar surface area (TPSA) is 0 Å². The van der Waals surface area contributed by atoms with Crippen LogP contribution in [-0.2, 0) is 41.5 Å². The zero-order valence-corrected chi connectivity index (χ0v) is 35.0. The van der Waals surface area contributed by atoms with Crippen LogP contribution in [0.2, 0.25) is 0 Å². The first kappa shape index (κ1) is 43.8. The molecule has 0 aliphatic heterocycles. The van der Waals surface area contributed by atoms with Crippen LogP contribution < -0.4 is 0 Å². The summed E-state index contributed by atoms with van der Waals surface area (Å²) in [7, 11) is 0. The molecule has 0 aromatic heterocycles. The summed E-state index contributed by atoms with van der Waals surface area (Å²) >= 11 is 1.30. The molecule has 0 N–H and O–H groups in total. The number of fused-ring (bicyclic) bond motifs is 5. The van der Waals surface area contributed by atoms with Gasteiger partial charge >= 0.3 is 28.4 Å². The van der Waals surface area contributed by atoms with Crippen LogP contribution in [0, 0.1) is 30.9 Å². The van der Waals surface area contributed by atoms with Crippen molar-refractivity contribution in [1.29, 1.82) is 0 Å². The predicted octanol–water partition coefficient (Wildman–Crippen LogP) is 13.1. The summed E-state index contributed by atoms with van der Waals surface area (Å²) in [6.07, 6.45) is 17.8. The van der Waals surface area contributed by atoms with Crippen molar-refractivity contribution in [3.63, 3.8) is 0 Å². The van der Waals surface area contributed by atoms with Gasteiger partial charge in [0.1, 0.15) is 0 Å². The monoisotopic (exact) mass is 756 g/mol. The summed E-state index contributed by atoms with van der Waals surface area (Å²) in [6.45, 7) is 25.6. The molecule has 0 nitrogen and oxygen atoms in total. The molecule has 0 heterocycles. The van der Waals surface area contributed by atoms with E-state index in [2.05, 4.69) is 141 Å². The van der Waals surface area contributed by atoms with Crippen LogP contribution in [-0.4, -0.2) is 4.21 Å². The fourth-order valence-corrected chi connectivity index (χ4v) is 6.44. The van der Waals surface area contributed by atoms with Gasteiger partial charge in [-0.05, 0) is 70.2 Å². The molecular weight excluding hydrogens is 703 g/mol. The second-order valence-electron chi connectivity index (χ2n) is 14.5. The largest absolute Gasteiger partial charge is 0.184 e. The molecule has 3 aromatic carbocycles. The van der Waals surface area contributed by atoms with E-state index in [4.69, 9.17) is 0 Å². The van der Waals surface area contributed by atoms with E-state index in [1.807, 2.05) is 30.3 Å². The van der Waals surface area contributed by atoms with E-state index in [-0.39, 0.29) is 35.6 Å². The standard InChI is InChI=1S/C27H29.C9H13.C6H5.C2H5.CH2.2ClH.Zr/c1-16-7-9-26(3,4)24-12-18-11-19-13-25-21(17(2)8-10-27(25,5)6)15-23(19)22(18)14-20(16)24;1-9(2,3)8-6-4-5-7-8;1-2-4-6-5-3-1;1-2;;;;/h7-9,12-15H,10-11H2,1-6H3;6-7H,4H2,1-3H3;1-5H;1H2,2H3;1H2;2*1H;/q4*-1;;;;. The van der Waals surface area contributed by atoms with Crippen LogP contribution in [0.1, 0.15) is 115 Å². The third kappa shape index (κ3) is 10.2. The number of hydrogen-bond acceptors (Lipinski definition) is 0. The molecule has 0 bridgehead atoms. The molecule has 0 amide bonds. The predicted molar refractivity (Wildman–Crippen MR) is 215 cm³/mol. The van der Waals surface area contributed by atoms with Crippen molar-refractivity contribution in [2.24, 2.45) is 5.41 Å². The Balaban J connectivity index is 0.000000454. The SMILES string of the molecule is CC(C)(C)C1=CC[C-]=C1.CC1=C[CH-]C(C)(C)c2cc3c(cc21)-c1cc2c(cc1C3)C(C)(C)CC=C2C.Cl.Cl.[CH2-]C.[CH2]=[Zr].[c-]1ccccc1. The fraction of sp³-hybridized carbons (Fsp3) is 0.356. The summed E-state index contributed by atoms with van der Waals surface area (Å²) in [5, 5.41) is 0. The Morgan fingerprint density at radius 3 is 1.75 bits per heavy atom. The first-order chi connectivity index (χ1) is 21.8. The third-order valence-corrected chi connectivity index (χ3v) is 9.27. The van der Waals surface area contributed by atoms with Crippen LogP contribution >= 0.6 is 24.8 Å². The average Bonchev–Trinajstić information content (AvgIpc) is 3.72. The minimum Gasteiger partial charge on any atom is -0.184 e. The van der Waals surface area contributed by atoms with Crippen molar-refractivity contribution in [3.8, 4) is 11.1 Å². The normalized spacial score (nSPS) is 16.2. The maximum atomic E-state index is 3.34. The van der Waals surface area contributed by atoms with Gasteiger partial charge in [-0.2, -0.15) is 60.5 Å². The second kappa shape index (κ2) is 18.7. The minimum atomic E-state index is 0. The molecule has 4 aliphatic rings. The molecule has 0 atom stereocenters. The summed E-state index contributed by atoms with van der Waals surface area (Å²) in [5.41, 5.74) is 16.7. The fourth-order valence-electron chi connectivity index (χ4n) is 6.44. The average molecular weight is 759 g/mol. The summed E-state index contributed by atoms with van der Waals surface area (Å²) in [5.74, 6) is 0. The van der Waals surface area contributed by atoms with Gasteiger partial charge in [-0.1, -0.05) is 89.1 Å². The molecule has 0 fully saturated rings. The van der Waals surface area contributed by atoms with Gasteiger partial charge in [0.15, 0.2) is 0 Å². The molecule has 3 aromatic rings. The maximum absolute atomic E-state index is 3.34. The number of benzene rings is 3. The van der Waals surface area contributed by atoms with E-state index < -0.39 is 0 Å². The molecule has 7 rings (SSSR count). The van der Waals surface area contributed by atoms with Crippen molar-refractivity contribution in [2.75, 3.05) is 0 Å². The Bertz CT molecular complexity index is 1510. The first-order valence-corrected chi connectivity index (χ1v) is 18.3. The van der Waals surface area contributed by atoms with Crippen LogP contribution in [0.4, 0.5) is 0 Å². The molecular formula is C45H56Cl2Zr-4. The Kier molecular flexibility index (Phi) is 17.1. The van der Waals surface area contributed by atoms with Gasteiger partial charge in [0, 0.05) is 0 Å². The van der Waals surface area contributed by atoms with Crippen molar-refractivity contribution in [3.05, 3.63) is 143 Å². The summed E-state index contributed by atoms with van der Waals surface area (Å²) in [4.78, 5) is 0. The quantitative estimate of drug-likeness (QED) is 0.157. The number of hydrogen-bond donors (Lipinski definition) is 0. The van der Waals surface area contributed by atoms with Gasteiger partial charge in [0.2, 0.25) is 0 Å². The Morgan fingerprint density at radius 2 is 1.31 bits per heavy atom. The Hall–Kier alpha value is -2.18. The molecule has 0 saturated carbocycles. The van der Waals surface area contributed by atoms with Gasteiger partial charge in [-0.25, -0.2) is 18.6 Å². The molecule has 0 spiro atoms. The van der Waals surface area contributed by atoms with E-state index in [1.165, 1.54) is 85.5 Å². The molecule has 0 unspecified atom stereocenters. The minimum absolute atomic E-state index is 0. The van der Waals surface area contributed by atoms with Crippen molar-refractivity contribution >= 4 is 40.2 Å². The number of rotatable bonds is 0. The first-order valence-electron chi connectivity index (χ1n) is 16.6. The van der Waals surface area contributed by atoms with E-state index in [9.17, 15) is 0 Å². The van der Waals surface area contributed by atoms with Crippen molar-refractivity contribution < 1.29 is 24.2 Å². The van der Waals surface area contributed by atoms with Crippen LogP contribution in [0.15, 0.2) is 84.5 Å². The third-order valence-electron chi connectivity index (χ3n) is 9.27. The van der Waals surface area contributed by atoms with E-state index in [0.29, 0.717) is 5.41 Å². The molecule has 0 saturated heterocycles. The Morgan fingerprint density at radius 1 is 0.771 bits per heavy atom. The number of allylic oxidation sites excluding steroid dienone is 8. The zero-order chi connectivity index (χ0) is 34.3. The molecule has 0 radical (unpaired) electrons. The van der Waals surface area contributed by atoms with Crippen molar-refractivity contribution in [2.45, 2.75) is 99.3 Å². The van der Waals surface area contributed by atoms with E-state index in [0.717, 1.165) is 19.3 Å². The second-order valence-corrected chi connectivity index (χ2v) is 14.5. The Labute approximate surface area is 321 Å². The zero-order valence-electron chi connectivity index (χ0n) is 30.9. The molecule has 4 aliphatic carbocycles. The van der Waals surface area contributed by atoms with Crippen LogP contribution in [0.25, 0.3) is 22.3 Å². The van der Waals surface area contributed by atoms with Gasteiger partial charge in [0.05, 0.1) is 0 Å². The van der Waals surface area contributed by atoms with Gasteiger partial charge in [-0.15, -0.1) is 43.7 Å². The molecule has 48 heavy (non-hydrogen) atoms. The summed E-state index contributed by atoms with van der Waals surface area (Å²) in [6, 6.07) is 22.5. The van der Waals surface area contributed by atoms with Crippen molar-refractivity contribution in [1.82, 2.24) is 0 Å². The maximum Gasteiger partial charge on any atom is -0.171 e. The van der Waals surface area contributed by atoms with Gasteiger partial charge < -0.3 is 6.92 Å². The van der Waals surface area contributed by atoms with Crippen LogP contribution in [0.5, 0.6) is 0 Å². The van der Waals surface area contributed by atoms with Gasteiger partial charge in [-0.3, -0.25) is 6.08 Å². The number of halogens is 2. The molecule has 258 valence electrons.